The van der Waals surface area contributed by atoms with Crippen molar-refractivity contribution < 1.29 is 32.2 Å². The Morgan fingerprint density at radius 2 is 1.43 bits per heavy atom. The standard InChI is InChI=1S/C30H39F5N2O2S/c1-22-26-21-25(39)13-14-27(26)37(28(22)23-9-11-24(38)12-10-23)18-6-4-3-5-16-36(2)17-8-20-40-19-7-15-29(31,32)30(33,34)35/h9-14,21,38-39H,3-8,15-20H2,1-2H3. The number of aromatic nitrogens is 1. The van der Waals surface area contributed by atoms with Gasteiger partial charge in [0.05, 0.1) is 5.69 Å². The number of hydrogen-bond donors (Lipinski definition) is 2. The Balaban J connectivity index is 1.37. The van der Waals surface area contributed by atoms with Gasteiger partial charge in [0.1, 0.15) is 11.5 Å². The Labute approximate surface area is 237 Å². The number of nitrogens with zero attached hydrogens (tertiary/aromatic N) is 2. The molecule has 40 heavy (non-hydrogen) atoms. The van der Waals surface area contributed by atoms with Crippen molar-refractivity contribution >= 4 is 22.7 Å². The van der Waals surface area contributed by atoms with Crippen molar-refractivity contribution in [2.45, 2.75) is 70.5 Å². The minimum Gasteiger partial charge on any atom is -0.508 e. The van der Waals surface area contributed by atoms with Crippen LogP contribution in [0.15, 0.2) is 42.5 Å². The number of benzene rings is 2. The van der Waals surface area contributed by atoms with Gasteiger partial charge in [0.15, 0.2) is 0 Å². The summed E-state index contributed by atoms with van der Waals surface area (Å²) < 4.78 is 64.7. The molecule has 0 spiro atoms. The molecule has 1 heterocycles. The van der Waals surface area contributed by atoms with Crippen LogP contribution in [0.25, 0.3) is 22.2 Å². The normalized spacial score (nSPS) is 12.6. The number of phenolic OH excluding ortho intramolecular Hbond substituents is 2. The smallest absolute Gasteiger partial charge is 0.453 e. The second-order valence-electron chi connectivity index (χ2n) is 10.4. The number of aryl methyl sites for hydroxylation is 2. The van der Waals surface area contributed by atoms with Gasteiger partial charge in [-0.25, -0.2) is 0 Å². The highest BCUT2D eigenvalue weighted by molar-refractivity contribution is 7.99. The number of unbranched alkanes of at least 4 members (excludes halogenated alkanes) is 3. The first-order valence-corrected chi connectivity index (χ1v) is 14.9. The quantitative estimate of drug-likeness (QED) is 0.130. The molecule has 0 aliphatic heterocycles. The van der Waals surface area contributed by atoms with Crippen LogP contribution in [-0.4, -0.2) is 63.4 Å². The van der Waals surface area contributed by atoms with E-state index < -0.39 is 18.5 Å². The Bertz CT molecular complexity index is 1210. The lowest BCUT2D eigenvalue weighted by Crippen LogP contribution is -2.36. The highest BCUT2D eigenvalue weighted by Gasteiger charge is 2.56. The van der Waals surface area contributed by atoms with Gasteiger partial charge in [-0.05, 0) is 118 Å². The Hall–Kier alpha value is -2.46. The maximum Gasteiger partial charge on any atom is 0.453 e. The van der Waals surface area contributed by atoms with Crippen LogP contribution in [0, 0.1) is 6.92 Å². The summed E-state index contributed by atoms with van der Waals surface area (Å²) >= 11 is 1.43. The number of phenols is 2. The number of alkyl halides is 5. The molecule has 2 N–H and O–H groups in total. The van der Waals surface area contributed by atoms with E-state index >= 15 is 0 Å². The molecule has 222 valence electrons. The van der Waals surface area contributed by atoms with E-state index in [2.05, 4.69) is 16.4 Å². The van der Waals surface area contributed by atoms with Gasteiger partial charge in [0.25, 0.3) is 0 Å². The number of aromatic hydroxyl groups is 2. The van der Waals surface area contributed by atoms with Crippen molar-refractivity contribution in [3.63, 3.8) is 0 Å². The average Bonchev–Trinajstić information content (AvgIpc) is 3.15. The summed E-state index contributed by atoms with van der Waals surface area (Å²) in [7, 11) is 2.04. The van der Waals surface area contributed by atoms with Crippen LogP contribution in [0.3, 0.4) is 0 Å². The second-order valence-corrected chi connectivity index (χ2v) is 11.6. The zero-order valence-electron chi connectivity index (χ0n) is 23.1. The number of thioether (sulfide) groups is 1. The molecule has 0 radical (unpaired) electrons. The zero-order chi connectivity index (χ0) is 29.3. The van der Waals surface area contributed by atoms with Crippen LogP contribution in [0.1, 0.15) is 50.5 Å². The van der Waals surface area contributed by atoms with Gasteiger partial charge in [-0.1, -0.05) is 12.8 Å². The van der Waals surface area contributed by atoms with E-state index in [0.29, 0.717) is 5.75 Å². The maximum absolute atomic E-state index is 12.9. The lowest BCUT2D eigenvalue weighted by molar-refractivity contribution is -0.284. The van der Waals surface area contributed by atoms with Crippen LogP contribution in [0.5, 0.6) is 11.5 Å². The lowest BCUT2D eigenvalue weighted by Gasteiger charge is -2.19. The topological polar surface area (TPSA) is 48.6 Å². The molecule has 0 saturated carbocycles. The van der Waals surface area contributed by atoms with E-state index in [1.54, 1.807) is 24.3 Å². The van der Waals surface area contributed by atoms with Gasteiger partial charge in [-0.3, -0.25) is 0 Å². The fraction of sp³-hybridized carbons (Fsp3) is 0.533. The number of fused-ring (bicyclic) bond motifs is 1. The van der Waals surface area contributed by atoms with Crippen molar-refractivity contribution in [2.24, 2.45) is 0 Å². The van der Waals surface area contributed by atoms with Crippen LogP contribution in [0.2, 0.25) is 0 Å². The highest BCUT2D eigenvalue weighted by Crippen LogP contribution is 2.39. The highest BCUT2D eigenvalue weighted by atomic mass is 32.2. The van der Waals surface area contributed by atoms with Crippen molar-refractivity contribution in [2.75, 3.05) is 31.6 Å². The molecule has 0 fully saturated rings. The first-order valence-electron chi connectivity index (χ1n) is 13.7. The van der Waals surface area contributed by atoms with Gasteiger partial charge >= 0.3 is 12.1 Å². The van der Waals surface area contributed by atoms with Gasteiger partial charge in [0, 0.05) is 23.9 Å². The number of halogens is 5. The van der Waals surface area contributed by atoms with E-state index in [4.69, 9.17) is 0 Å². The van der Waals surface area contributed by atoms with Crippen LogP contribution < -0.4 is 0 Å². The average molecular weight is 587 g/mol. The molecule has 0 aliphatic rings. The molecule has 0 saturated heterocycles. The summed E-state index contributed by atoms with van der Waals surface area (Å²) in [4.78, 5) is 2.23. The summed E-state index contributed by atoms with van der Waals surface area (Å²) in [5.74, 6) is -3.09. The molecule has 3 aromatic rings. The molecule has 2 aromatic carbocycles. The van der Waals surface area contributed by atoms with Gasteiger partial charge in [0.2, 0.25) is 0 Å². The fourth-order valence-corrected chi connectivity index (χ4v) is 5.81. The summed E-state index contributed by atoms with van der Waals surface area (Å²) in [6.45, 7) is 4.71. The third kappa shape index (κ3) is 8.77. The van der Waals surface area contributed by atoms with Crippen molar-refractivity contribution in [3.8, 4) is 22.8 Å². The molecule has 1 aromatic heterocycles. The molecule has 10 heteroatoms. The molecule has 0 unspecified atom stereocenters. The summed E-state index contributed by atoms with van der Waals surface area (Å²) in [5, 5.41) is 20.8. The summed E-state index contributed by atoms with van der Waals surface area (Å²) in [6, 6.07) is 12.6. The largest absolute Gasteiger partial charge is 0.508 e. The third-order valence-electron chi connectivity index (χ3n) is 7.14. The minimum absolute atomic E-state index is 0.149. The first kappa shape index (κ1) is 32.1. The van der Waals surface area contributed by atoms with E-state index in [1.807, 2.05) is 25.2 Å². The number of hydrogen-bond acceptors (Lipinski definition) is 4. The van der Waals surface area contributed by atoms with E-state index in [-0.39, 0.29) is 17.9 Å². The van der Waals surface area contributed by atoms with E-state index in [1.165, 1.54) is 11.8 Å². The monoisotopic (exact) mass is 586 g/mol. The molecule has 4 nitrogen and oxygen atoms in total. The van der Waals surface area contributed by atoms with Gasteiger partial charge < -0.3 is 19.7 Å². The van der Waals surface area contributed by atoms with Gasteiger partial charge in [-0.2, -0.15) is 33.7 Å². The van der Waals surface area contributed by atoms with Gasteiger partial charge in [-0.15, -0.1) is 0 Å². The summed E-state index contributed by atoms with van der Waals surface area (Å²) in [5.41, 5.74) is 4.28. The minimum atomic E-state index is -5.46. The van der Waals surface area contributed by atoms with Crippen molar-refractivity contribution in [1.29, 1.82) is 0 Å². The van der Waals surface area contributed by atoms with Crippen molar-refractivity contribution in [1.82, 2.24) is 9.47 Å². The first-order chi connectivity index (χ1) is 18.9. The molecule has 0 aliphatic carbocycles. The molecular weight excluding hydrogens is 547 g/mol. The molecule has 0 bridgehead atoms. The van der Waals surface area contributed by atoms with Crippen LogP contribution in [-0.2, 0) is 6.54 Å². The Morgan fingerprint density at radius 3 is 2.12 bits per heavy atom. The number of rotatable bonds is 16. The predicted octanol–water partition coefficient (Wildman–Crippen LogP) is 8.62. The molecule has 3 rings (SSSR count). The zero-order valence-corrected chi connectivity index (χ0v) is 23.9. The molecular formula is C30H39F5N2O2S. The van der Waals surface area contributed by atoms with Crippen LogP contribution >= 0.6 is 11.8 Å². The molecule has 0 amide bonds. The predicted molar refractivity (Wildman–Crippen MR) is 154 cm³/mol. The fourth-order valence-electron chi connectivity index (χ4n) is 4.93. The summed E-state index contributed by atoms with van der Waals surface area (Å²) in [6.07, 6.45) is -1.68. The van der Waals surface area contributed by atoms with Crippen molar-refractivity contribution in [3.05, 3.63) is 48.0 Å². The third-order valence-corrected chi connectivity index (χ3v) is 8.29. The molecule has 0 atom stereocenters. The van der Waals surface area contributed by atoms with E-state index in [9.17, 15) is 32.2 Å². The lowest BCUT2D eigenvalue weighted by atomic mass is 10.1. The Kier molecular flexibility index (Phi) is 11.6. The van der Waals surface area contributed by atoms with Crippen LogP contribution in [0.4, 0.5) is 22.0 Å². The maximum atomic E-state index is 12.9. The Morgan fingerprint density at radius 1 is 0.800 bits per heavy atom. The second kappa shape index (κ2) is 14.4. The van der Waals surface area contributed by atoms with E-state index in [0.717, 1.165) is 85.2 Å². The SMILES string of the molecule is Cc1c(-c2ccc(O)cc2)n(CCCCCCN(C)CCCSCCCC(F)(F)C(F)(F)F)c2ccc(O)cc12.